The molecule has 2 rings (SSSR count). The Morgan fingerprint density at radius 2 is 1.85 bits per heavy atom. The van der Waals surface area contributed by atoms with Crippen molar-refractivity contribution in [3.63, 3.8) is 0 Å². The molecule has 1 amide bonds. The van der Waals surface area contributed by atoms with E-state index in [0.29, 0.717) is 0 Å². The lowest BCUT2D eigenvalue weighted by atomic mass is 10.1. The van der Waals surface area contributed by atoms with Crippen LogP contribution in [0.1, 0.15) is 18.1 Å². The van der Waals surface area contributed by atoms with Crippen molar-refractivity contribution in [2.24, 2.45) is 0 Å². The van der Waals surface area contributed by atoms with Gasteiger partial charge in [0, 0.05) is 9.79 Å². The summed E-state index contributed by atoms with van der Waals surface area (Å²) in [4.78, 5) is 13.5. The SMILES string of the molecule is CCc1ccc(Sc2ccccc2CC(=O)NO)cc1. The number of aryl methyl sites for hydroxylation is 1. The van der Waals surface area contributed by atoms with Crippen molar-refractivity contribution < 1.29 is 10.0 Å². The summed E-state index contributed by atoms with van der Waals surface area (Å²) in [6.07, 6.45) is 1.20. The van der Waals surface area contributed by atoms with Crippen LogP contribution >= 0.6 is 11.8 Å². The normalized spacial score (nSPS) is 10.3. The smallest absolute Gasteiger partial charge is 0.247 e. The lowest BCUT2D eigenvalue weighted by Gasteiger charge is -2.08. The van der Waals surface area contributed by atoms with Gasteiger partial charge >= 0.3 is 0 Å². The molecule has 0 aliphatic rings. The highest BCUT2D eigenvalue weighted by Crippen LogP contribution is 2.30. The summed E-state index contributed by atoms with van der Waals surface area (Å²) in [6.45, 7) is 2.13. The fourth-order valence-corrected chi connectivity index (χ4v) is 2.83. The first-order valence-electron chi connectivity index (χ1n) is 6.50. The second kappa shape index (κ2) is 7.12. The maximum atomic E-state index is 11.3. The molecular formula is C16H17NO2S. The number of rotatable bonds is 5. The minimum atomic E-state index is -0.403. The molecule has 0 aromatic heterocycles. The first-order chi connectivity index (χ1) is 9.72. The van der Waals surface area contributed by atoms with E-state index in [1.807, 2.05) is 24.3 Å². The minimum Gasteiger partial charge on any atom is -0.289 e. The summed E-state index contributed by atoms with van der Waals surface area (Å²) in [7, 11) is 0. The molecule has 0 aliphatic heterocycles. The van der Waals surface area contributed by atoms with Gasteiger partial charge in [0.1, 0.15) is 0 Å². The van der Waals surface area contributed by atoms with Crippen LogP contribution in [0.15, 0.2) is 58.3 Å². The molecule has 0 fully saturated rings. The van der Waals surface area contributed by atoms with Crippen LogP contribution in [0.3, 0.4) is 0 Å². The van der Waals surface area contributed by atoms with Crippen molar-refractivity contribution in [1.29, 1.82) is 0 Å². The molecule has 2 aromatic rings. The van der Waals surface area contributed by atoms with Gasteiger partial charge in [0.15, 0.2) is 0 Å². The Morgan fingerprint density at radius 3 is 2.50 bits per heavy atom. The van der Waals surface area contributed by atoms with E-state index in [4.69, 9.17) is 5.21 Å². The molecule has 20 heavy (non-hydrogen) atoms. The number of nitrogens with one attached hydrogen (secondary N) is 1. The van der Waals surface area contributed by atoms with Gasteiger partial charge < -0.3 is 0 Å². The van der Waals surface area contributed by atoms with Crippen LogP contribution in [0.4, 0.5) is 0 Å². The fourth-order valence-electron chi connectivity index (χ4n) is 1.88. The Morgan fingerprint density at radius 1 is 1.15 bits per heavy atom. The largest absolute Gasteiger partial charge is 0.289 e. The Labute approximate surface area is 123 Å². The fraction of sp³-hybridized carbons (Fsp3) is 0.188. The summed E-state index contributed by atoms with van der Waals surface area (Å²) in [5, 5.41) is 8.63. The molecule has 0 atom stereocenters. The van der Waals surface area contributed by atoms with Crippen LogP contribution in [0.2, 0.25) is 0 Å². The molecular weight excluding hydrogens is 270 g/mol. The van der Waals surface area contributed by atoms with E-state index in [1.54, 1.807) is 17.2 Å². The molecule has 0 aliphatic carbocycles. The third kappa shape index (κ3) is 3.85. The van der Waals surface area contributed by atoms with E-state index >= 15 is 0 Å². The van der Waals surface area contributed by atoms with E-state index in [2.05, 4.69) is 31.2 Å². The van der Waals surface area contributed by atoms with Gasteiger partial charge in [-0.05, 0) is 35.7 Å². The van der Waals surface area contributed by atoms with Crippen LogP contribution < -0.4 is 5.48 Å². The maximum Gasteiger partial charge on any atom is 0.247 e. The van der Waals surface area contributed by atoms with E-state index in [9.17, 15) is 4.79 Å². The number of carbonyl (C=O) groups is 1. The number of carbonyl (C=O) groups excluding carboxylic acids is 1. The predicted octanol–water partition coefficient (Wildman–Crippen LogP) is 3.45. The Balaban J connectivity index is 2.17. The minimum absolute atomic E-state index is 0.173. The zero-order valence-corrected chi connectivity index (χ0v) is 12.1. The maximum absolute atomic E-state index is 11.3. The zero-order valence-electron chi connectivity index (χ0n) is 11.3. The molecule has 0 heterocycles. The number of hydrogen-bond donors (Lipinski definition) is 2. The molecule has 0 spiro atoms. The summed E-state index contributed by atoms with van der Waals surface area (Å²) < 4.78 is 0. The monoisotopic (exact) mass is 287 g/mol. The summed E-state index contributed by atoms with van der Waals surface area (Å²) in [5.74, 6) is -0.403. The number of hydrogen-bond acceptors (Lipinski definition) is 3. The Hall–Kier alpha value is -1.78. The van der Waals surface area contributed by atoms with E-state index in [-0.39, 0.29) is 6.42 Å². The van der Waals surface area contributed by atoms with Gasteiger partial charge in [0.05, 0.1) is 6.42 Å². The molecule has 3 nitrogen and oxygen atoms in total. The second-order valence-electron chi connectivity index (χ2n) is 4.42. The van der Waals surface area contributed by atoms with Gasteiger partial charge in [-0.2, -0.15) is 0 Å². The Bertz CT molecular complexity index is 581. The number of hydroxylamine groups is 1. The van der Waals surface area contributed by atoms with Crippen LogP contribution in [0.5, 0.6) is 0 Å². The average Bonchev–Trinajstić information content (AvgIpc) is 2.50. The van der Waals surface area contributed by atoms with Crippen LogP contribution in [-0.4, -0.2) is 11.1 Å². The van der Waals surface area contributed by atoms with Gasteiger partial charge in [-0.15, -0.1) is 0 Å². The van der Waals surface area contributed by atoms with Gasteiger partial charge in [-0.3, -0.25) is 10.0 Å². The van der Waals surface area contributed by atoms with Crippen molar-refractivity contribution in [3.8, 4) is 0 Å². The third-order valence-corrected chi connectivity index (χ3v) is 4.13. The van der Waals surface area contributed by atoms with Crippen molar-refractivity contribution in [1.82, 2.24) is 5.48 Å². The van der Waals surface area contributed by atoms with Gasteiger partial charge in [0.25, 0.3) is 0 Å². The van der Waals surface area contributed by atoms with Crippen molar-refractivity contribution in [2.45, 2.75) is 29.6 Å². The lowest BCUT2D eigenvalue weighted by Crippen LogP contribution is -2.20. The highest BCUT2D eigenvalue weighted by Gasteiger charge is 2.08. The standard InChI is InChI=1S/C16H17NO2S/c1-2-12-7-9-14(10-8-12)20-15-6-4-3-5-13(15)11-16(18)17-19/h3-10,19H,2,11H2,1H3,(H,17,18). The van der Waals surface area contributed by atoms with Crippen LogP contribution in [0.25, 0.3) is 0 Å². The first-order valence-corrected chi connectivity index (χ1v) is 7.32. The predicted molar refractivity (Wildman–Crippen MR) is 80.0 cm³/mol. The third-order valence-electron chi connectivity index (χ3n) is 3.01. The molecule has 0 unspecified atom stereocenters. The summed E-state index contributed by atoms with van der Waals surface area (Å²) in [5.41, 5.74) is 3.89. The molecule has 4 heteroatoms. The van der Waals surface area contributed by atoms with Gasteiger partial charge in [-0.25, -0.2) is 5.48 Å². The van der Waals surface area contributed by atoms with Crippen molar-refractivity contribution in [2.75, 3.05) is 0 Å². The van der Waals surface area contributed by atoms with Gasteiger partial charge in [-0.1, -0.05) is 49.0 Å². The zero-order chi connectivity index (χ0) is 14.4. The second-order valence-corrected chi connectivity index (χ2v) is 5.53. The molecule has 2 aromatic carbocycles. The quantitative estimate of drug-likeness (QED) is 0.654. The highest BCUT2D eigenvalue weighted by molar-refractivity contribution is 7.99. The van der Waals surface area contributed by atoms with Crippen molar-refractivity contribution >= 4 is 17.7 Å². The van der Waals surface area contributed by atoms with Crippen LogP contribution in [-0.2, 0) is 17.6 Å². The van der Waals surface area contributed by atoms with Crippen LogP contribution in [0, 0.1) is 0 Å². The molecule has 104 valence electrons. The molecule has 2 N–H and O–H groups in total. The van der Waals surface area contributed by atoms with E-state index in [1.165, 1.54) is 5.56 Å². The molecule has 0 bridgehead atoms. The lowest BCUT2D eigenvalue weighted by molar-refractivity contribution is -0.128. The highest BCUT2D eigenvalue weighted by atomic mass is 32.2. The van der Waals surface area contributed by atoms with Crippen molar-refractivity contribution in [3.05, 3.63) is 59.7 Å². The van der Waals surface area contributed by atoms with E-state index in [0.717, 1.165) is 21.8 Å². The van der Waals surface area contributed by atoms with E-state index < -0.39 is 5.91 Å². The first kappa shape index (κ1) is 14.6. The molecule has 0 radical (unpaired) electrons. The summed E-state index contributed by atoms with van der Waals surface area (Å²) >= 11 is 1.62. The molecule has 0 saturated heterocycles. The topological polar surface area (TPSA) is 49.3 Å². The Kier molecular flexibility index (Phi) is 5.21. The average molecular weight is 287 g/mol. The molecule has 0 saturated carbocycles. The number of amides is 1. The number of benzene rings is 2. The van der Waals surface area contributed by atoms with Gasteiger partial charge in [0.2, 0.25) is 5.91 Å². The summed E-state index contributed by atoms with van der Waals surface area (Å²) in [6, 6.07) is 16.1.